The number of nitro benzene ring substituents is 1. The highest BCUT2D eigenvalue weighted by Gasteiger charge is 2.12. The maximum Gasteiger partial charge on any atom is 0.269 e. The van der Waals surface area contributed by atoms with Crippen LogP contribution in [0.3, 0.4) is 0 Å². The number of non-ortho nitro benzene ring substituents is 1. The number of hydrogen-bond donors (Lipinski definition) is 1. The first-order chi connectivity index (χ1) is 7.54. The highest BCUT2D eigenvalue weighted by atomic mass is 32.2. The van der Waals surface area contributed by atoms with E-state index in [-0.39, 0.29) is 10.6 Å². The third-order valence-corrected chi connectivity index (χ3v) is 3.85. The van der Waals surface area contributed by atoms with Gasteiger partial charge in [-0.3, -0.25) is 10.1 Å². The summed E-state index contributed by atoms with van der Waals surface area (Å²) in [4.78, 5) is 11.2. The average molecular weight is 240 g/mol. The van der Waals surface area contributed by atoms with Crippen LogP contribution in [0, 0.1) is 10.1 Å². The van der Waals surface area contributed by atoms with Crippen molar-refractivity contribution in [3.8, 4) is 0 Å². The first-order valence-corrected chi connectivity index (χ1v) is 6.01. The van der Waals surface area contributed by atoms with Gasteiger partial charge < -0.3 is 5.32 Å². The molecule has 5 heteroatoms. The van der Waals surface area contributed by atoms with Gasteiger partial charge in [-0.15, -0.1) is 11.8 Å². The highest BCUT2D eigenvalue weighted by Crippen LogP contribution is 2.26. The number of hydrogen-bond acceptors (Lipinski definition) is 4. The van der Waals surface area contributed by atoms with Crippen LogP contribution in [0.15, 0.2) is 29.2 Å². The van der Waals surface area contributed by atoms with Gasteiger partial charge in [-0.1, -0.05) is 6.92 Å². The van der Waals surface area contributed by atoms with Crippen molar-refractivity contribution in [2.45, 2.75) is 30.0 Å². The van der Waals surface area contributed by atoms with Gasteiger partial charge in [0, 0.05) is 28.3 Å². The largest absolute Gasteiger partial charge is 0.316 e. The number of benzene rings is 1. The Morgan fingerprint density at radius 1 is 1.31 bits per heavy atom. The van der Waals surface area contributed by atoms with Crippen molar-refractivity contribution in [3.63, 3.8) is 0 Å². The van der Waals surface area contributed by atoms with Crippen LogP contribution in [0.2, 0.25) is 0 Å². The molecule has 4 nitrogen and oxygen atoms in total. The molecule has 16 heavy (non-hydrogen) atoms. The Morgan fingerprint density at radius 2 is 1.88 bits per heavy atom. The lowest BCUT2D eigenvalue weighted by Gasteiger charge is -2.18. The van der Waals surface area contributed by atoms with Crippen molar-refractivity contribution in [1.82, 2.24) is 5.32 Å². The van der Waals surface area contributed by atoms with Gasteiger partial charge in [0.15, 0.2) is 0 Å². The molecule has 1 rings (SSSR count). The molecule has 0 spiro atoms. The molecule has 0 heterocycles. The van der Waals surface area contributed by atoms with Crippen molar-refractivity contribution in [3.05, 3.63) is 34.4 Å². The van der Waals surface area contributed by atoms with Gasteiger partial charge in [-0.05, 0) is 26.1 Å². The van der Waals surface area contributed by atoms with Crippen molar-refractivity contribution >= 4 is 17.4 Å². The topological polar surface area (TPSA) is 55.2 Å². The monoisotopic (exact) mass is 240 g/mol. The zero-order valence-electron chi connectivity index (χ0n) is 9.64. The lowest BCUT2D eigenvalue weighted by atomic mass is 10.3. The Labute approximate surface area is 99.6 Å². The number of nitro groups is 1. The quantitative estimate of drug-likeness (QED) is 0.488. The molecule has 0 bridgehead atoms. The number of thioether (sulfide) groups is 1. The van der Waals surface area contributed by atoms with Gasteiger partial charge in [0.1, 0.15) is 0 Å². The number of rotatable bonds is 5. The van der Waals surface area contributed by atoms with Crippen LogP contribution in [-0.4, -0.2) is 23.3 Å². The summed E-state index contributed by atoms with van der Waals surface area (Å²) >= 11 is 1.71. The Hall–Kier alpha value is -1.07. The van der Waals surface area contributed by atoms with Crippen LogP contribution in [0.4, 0.5) is 5.69 Å². The van der Waals surface area contributed by atoms with Crippen LogP contribution in [0.1, 0.15) is 13.8 Å². The Kier molecular flexibility index (Phi) is 4.76. The van der Waals surface area contributed by atoms with Crippen molar-refractivity contribution in [1.29, 1.82) is 0 Å². The molecule has 1 aromatic rings. The molecule has 88 valence electrons. The normalized spacial score (nSPS) is 14.4. The van der Waals surface area contributed by atoms with E-state index in [1.165, 1.54) is 0 Å². The molecule has 0 saturated carbocycles. The number of nitrogens with one attached hydrogen (secondary N) is 1. The minimum absolute atomic E-state index is 0.138. The predicted molar refractivity (Wildman–Crippen MR) is 66.9 cm³/mol. The van der Waals surface area contributed by atoms with E-state index < -0.39 is 0 Å². The summed E-state index contributed by atoms with van der Waals surface area (Å²) in [5, 5.41) is 14.1. The highest BCUT2D eigenvalue weighted by molar-refractivity contribution is 8.00. The van der Waals surface area contributed by atoms with E-state index in [1.807, 2.05) is 7.05 Å². The van der Waals surface area contributed by atoms with E-state index in [2.05, 4.69) is 19.2 Å². The third kappa shape index (κ3) is 3.50. The van der Waals surface area contributed by atoms with Crippen LogP contribution in [-0.2, 0) is 0 Å². The van der Waals surface area contributed by atoms with E-state index in [0.717, 1.165) is 4.90 Å². The molecule has 1 N–H and O–H groups in total. The fourth-order valence-corrected chi connectivity index (χ4v) is 2.26. The Bertz CT molecular complexity index is 354. The maximum absolute atomic E-state index is 10.5. The SMILES string of the molecule is CNC(C)C(C)Sc1ccc([N+](=O)[O-])cc1. The maximum atomic E-state index is 10.5. The summed E-state index contributed by atoms with van der Waals surface area (Å²) < 4.78 is 0. The summed E-state index contributed by atoms with van der Waals surface area (Å²) in [6, 6.07) is 7.07. The smallest absolute Gasteiger partial charge is 0.269 e. The van der Waals surface area contributed by atoms with Crippen molar-refractivity contribution in [2.75, 3.05) is 7.05 Å². The summed E-state index contributed by atoms with van der Waals surface area (Å²) in [6.07, 6.45) is 0. The van der Waals surface area contributed by atoms with E-state index in [9.17, 15) is 10.1 Å². The molecule has 2 unspecified atom stereocenters. The van der Waals surface area contributed by atoms with Crippen LogP contribution >= 0.6 is 11.8 Å². The van der Waals surface area contributed by atoms with E-state index in [0.29, 0.717) is 11.3 Å². The molecule has 0 radical (unpaired) electrons. The van der Waals surface area contributed by atoms with Crippen LogP contribution in [0.25, 0.3) is 0 Å². The molecular formula is C11H16N2O2S. The minimum Gasteiger partial charge on any atom is -0.316 e. The van der Waals surface area contributed by atoms with Gasteiger partial charge in [0.25, 0.3) is 5.69 Å². The zero-order chi connectivity index (χ0) is 12.1. The number of nitrogens with zero attached hydrogens (tertiary/aromatic N) is 1. The predicted octanol–water partition coefficient (Wildman–Crippen LogP) is 2.68. The second-order valence-corrected chi connectivity index (χ2v) is 5.10. The standard InChI is InChI=1S/C11H16N2O2S/c1-8(12-3)9(2)16-11-6-4-10(5-7-11)13(14)15/h4-9,12H,1-3H3. The Morgan fingerprint density at radius 3 is 2.31 bits per heavy atom. The fourth-order valence-electron chi connectivity index (χ4n) is 1.20. The summed E-state index contributed by atoms with van der Waals surface area (Å²) in [5.74, 6) is 0. The van der Waals surface area contributed by atoms with Crippen molar-refractivity contribution in [2.24, 2.45) is 0 Å². The molecule has 2 atom stereocenters. The fraction of sp³-hybridized carbons (Fsp3) is 0.455. The zero-order valence-corrected chi connectivity index (χ0v) is 10.5. The van der Waals surface area contributed by atoms with Gasteiger partial charge in [-0.2, -0.15) is 0 Å². The first kappa shape index (κ1) is 13.0. The van der Waals surface area contributed by atoms with Gasteiger partial charge >= 0.3 is 0 Å². The Balaban J connectivity index is 2.65. The van der Waals surface area contributed by atoms with E-state index in [1.54, 1.807) is 36.0 Å². The molecule has 0 aliphatic heterocycles. The molecule has 0 aromatic heterocycles. The molecule has 0 saturated heterocycles. The first-order valence-electron chi connectivity index (χ1n) is 5.13. The lowest BCUT2D eigenvalue weighted by molar-refractivity contribution is -0.384. The van der Waals surface area contributed by atoms with Crippen LogP contribution in [0.5, 0.6) is 0 Å². The molecule has 0 aliphatic carbocycles. The van der Waals surface area contributed by atoms with Gasteiger partial charge in [0.05, 0.1) is 4.92 Å². The second-order valence-electron chi connectivity index (χ2n) is 3.65. The van der Waals surface area contributed by atoms with E-state index >= 15 is 0 Å². The molecule has 0 aliphatic rings. The third-order valence-electron chi connectivity index (χ3n) is 2.53. The molecular weight excluding hydrogens is 224 g/mol. The van der Waals surface area contributed by atoms with E-state index in [4.69, 9.17) is 0 Å². The van der Waals surface area contributed by atoms with Gasteiger partial charge in [-0.25, -0.2) is 0 Å². The lowest BCUT2D eigenvalue weighted by Crippen LogP contribution is -2.30. The summed E-state index contributed by atoms with van der Waals surface area (Å²) in [6.45, 7) is 4.25. The van der Waals surface area contributed by atoms with Crippen molar-refractivity contribution < 1.29 is 4.92 Å². The minimum atomic E-state index is -0.381. The van der Waals surface area contributed by atoms with Gasteiger partial charge in [0.2, 0.25) is 0 Å². The van der Waals surface area contributed by atoms with Crippen LogP contribution < -0.4 is 5.32 Å². The second kappa shape index (κ2) is 5.86. The molecule has 1 aromatic carbocycles. The summed E-state index contributed by atoms with van der Waals surface area (Å²) in [7, 11) is 1.93. The summed E-state index contributed by atoms with van der Waals surface area (Å²) in [5.41, 5.74) is 0.138. The average Bonchev–Trinajstić information content (AvgIpc) is 2.28. The molecule has 0 fully saturated rings. The molecule has 0 amide bonds.